The Morgan fingerprint density at radius 2 is 1.53 bits per heavy atom. The molecule has 13 heteroatoms. The number of carbonyl (C=O) groups is 2. The van der Waals surface area contributed by atoms with E-state index >= 15 is 0 Å². The number of nitrogens with zero attached hydrogens (tertiary/aromatic N) is 3. The van der Waals surface area contributed by atoms with Gasteiger partial charge in [-0.1, -0.05) is 0 Å². The summed E-state index contributed by atoms with van der Waals surface area (Å²) in [6.45, 7) is 3.77. The third-order valence-electron chi connectivity index (χ3n) is 11.1. The van der Waals surface area contributed by atoms with Crippen LogP contribution in [0.4, 0.5) is 17.1 Å². The Labute approximate surface area is 275 Å². The zero-order valence-electron chi connectivity index (χ0n) is 26.6. The monoisotopic (exact) mass is 665 g/mol. The highest BCUT2D eigenvalue weighted by Gasteiger charge is 2.51. The maximum Gasteiger partial charge on any atom is 0.293 e. The van der Waals surface area contributed by atoms with Gasteiger partial charge in [0.2, 0.25) is 5.91 Å². The second-order valence-electron chi connectivity index (χ2n) is 14.4. The van der Waals surface area contributed by atoms with E-state index in [-0.39, 0.29) is 39.2 Å². The molecule has 0 aromatic heterocycles. The number of amides is 2. The standard InChI is InChI=1S/C34H43N5O7S/c40-32(22-34-19-23-15-24(20-34)17-25(16-23)21-34)38-11-9-37(10-12-38)28-3-1-26(2-4-28)33(41)36-47(44,45)29-5-6-30(31(18-29)39(42)43)35-27-7-13-46-14-8-27/h1-6,18,23-25,27,35H,7-17,19-22H2,(H,36,41). The van der Waals surface area contributed by atoms with Crippen molar-refractivity contribution >= 4 is 38.9 Å². The van der Waals surface area contributed by atoms with Gasteiger partial charge in [-0.3, -0.25) is 19.7 Å². The number of nitro benzene ring substituents is 1. The summed E-state index contributed by atoms with van der Waals surface area (Å²) in [5, 5.41) is 14.9. The van der Waals surface area contributed by atoms with Crippen molar-refractivity contribution in [1.82, 2.24) is 9.62 Å². The van der Waals surface area contributed by atoms with E-state index in [9.17, 15) is 28.1 Å². The molecule has 6 aliphatic rings. The van der Waals surface area contributed by atoms with Crippen molar-refractivity contribution in [2.45, 2.75) is 68.7 Å². The summed E-state index contributed by atoms with van der Waals surface area (Å²) in [7, 11) is -4.38. The number of rotatable bonds is 9. The first-order valence-corrected chi connectivity index (χ1v) is 18.4. The van der Waals surface area contributed by atoms with E-state index in [1.54, 1.807) is 24.3 Å². The third kappa shape index (κ3) is 6.83. The summed E-state index contributed by atoms with van der Waals surface area (Å²) in [6, 6.07) is 10.2. The molecule has 0 unspecified atom stereocenters. The number of carbonyl (C=O) groups excluding carboxylic acids is 2. The van der Waals surface area contributed by atoms with E-state index in [1.807, 2.05) is 9.62 Å². The lowest BCUT2D eigenvalue weighted by molar-refractivity contribution is -0.384. The van der Waals surface area contributed by atoms with Gasteiger partial charge in [-0.2, -0.15) is 0 Å². The molecule has 252 valence electrons. The van der Waals surface area contributed by atoms with E-state index < -0.39 is 20.9 Å². The summed E-state index contributed by atoms with van der Waals surface area (Å²) in [6.07, 6.45) is 9.86. The lowest BCUT2D eigenvalue weighted by Gasteiger charge is -2.57. The molecule has 8 rings (SSSR count). The molecule has 47 heavy (non-hydrogen) atoms. The molecule has 6 fully saturated rings. The highest BCUT2D eigenvalue weighted by atomic mass is 32.2. The highest BCUT2D eigenvalue weighted by Crippen LogP contribution is 2.61. The van der Waals surface area contributed by atoms with E-state index in [2.05, 4.69) is 10.2 Å². The van der Waals surface area contributed by atoms with E-state index in [4.69, 9.17) is 4.74 Å². The summed E-state index contributed by atoms with van der Waals surface area (Å²) in [4.78, 5) is 41.3. The van der Waals surface area contributed by atoms with Crippen molar-refractivity contribution in [3.63, 3.8) is 0 Å². The van der Waals surface area contributed by atoms with E-state index in [0.717, 1.165) is 29.5 Å². The molecule has 2 heterocycles. The van der Waals surface area contributed by atoms with Crippen LogP contribution in [0.2, 0.25) is 0 Å². The lowest BCUT2D eigenvalue weighted by atomic mass is 9.49. The van der Waals surface area contributed by atoms with Gasteiger partial charge >= 0.3 is 0 Å². The van der Waals surface area contributed by atoms with Gasteiger partial charge in [-0.05, 0) is 111 Å². The van der Waals surface area contributed by atoms with Gasteiger partial charge < -0.3 is 19.9 Å². The molecule has 12 nitrogen and oxygen atoms in total. The summed E-state index contributed by atoms with van der Waals surface area (Å²) >= 11 is 0. The molecule has 0 atom stereocenters. The van der Waals surface area contributed by atoms with Crippen LogP contribution < -0.4 is 14.9 Å². The minimum absolute atomic E-state index is 0.0185. The largest absolute Gasteiger partial charge is 0.381 e. The molecule has 2 N–H and O–H groups in total. The average Bonchev–Trinajstić information content (AvgIpc) is 3.04. The molecule has 4 saturated carbocycles. The quantitative estimate of drug-likeness (QED) is 0.290. The Balaban J connectivity index is 0.934. The van der Waals surface area contributed by atoms with Gasteiger partial charge in [0.05, 0.1) is 9.82 Å². The number of nitro groups is 1. The van der Waals surface area contributed by atoms with Crippen LogP contribution in [0.25, 0.3) is 0 Å². The number of ether oxygens (including phenoxy) is 1. The second-order valence-corrected chi connectivity index (χ2v) is 16.1. The fourth-order valence-corrected chi connectivity index (χ4v) is 10.2. The van der Waals surface area contributed by atoms with Gasteiger partial charge in [-0.25, -0.2) is 13.1 Å². The van der Waals surface area contributed by atoms with Gasteiger partial charge in [0.1, 0.15) is 5.69 Å². The number of anilines is 2. The number of sulfonamides is 1. The molecule has 2 amide bonds. The van der Waals surface area contributed by atoms with Crippen molar-refractivity contribution in [3.05, 3.63) is 58.1 Å². The smallest absolute Gasteiger partial charge is 0.293 e. The topological polar surface area (TPSA) is 151 Å². The van der Waals surface area contributed by atoms with Crippen molar-refractivity contribution in [3.8, 4) is 0 Å². The van der Waals surface area contributed by atoms with Crippen molar-refractivity contribution in [2.75, 3.05) is 49.6 Å². The van der Waals surface area contributed by atoms with Crippen molar-refractivity contribution < 1.29 is 27.7 Å². The van der Waals surface area contributed by atoms with Crippen LogP contribution in [0.5, 0.6) is 0 Å². The number of piperazine rings is 1. The fourth-order valence-electron chi connectivity index (χ4n) is 9.23. The Morgan fingerprint density at radius 1 is 0.915 bits per heavy atom. The predicted molar refractivity (Wildman–Crippen MR) is 176 cm³/mol. The molecule has 2 aliphatic heterocycles. The normalized spacial score (nSPS) is 27.4. The first-order valence-electron chi connectivity index (χ1n) is 16.9. The average molecular weight is 666 g/mol. The Bertz CT molecular complexity index is 1600. The van der Waals surface area contributed by atoms with Crippen LogP contribution in [0, 0.1) is 33.3 Å². The fraction of sp³-hybridized carbons (Fsp3) is 0.588. The van der Waals surface area contributed by atoms with Crippen molar-refractivity contribution in [2.24, 2.45) is 23.2 Å². The van der Waals surface area contributed by atoms with Crippen LogP contribution in [-0.2, 0) is 19.6 Å². The van der Waals surface area contributed by atoms with E-state index in [1.165, 1.54) is 50.7 Å². The molecule has 2 aromatic rings. The second kappa shape index (κ2) is 12.7. The minimum atomic E-state index is -4.38. The third-order valence-corrected chi connectivity index (χ3v) is 12.4. The van der Waals surface area contributed by atoms with Crippen LogP contribution >= 0.6 is 0 Å². The Kier molecular flexibility index (Phi) is 8.62. The first kappa shape index (κ1) is 31.9. The molecule has 2 saturated heterocycles. The molecule has 0 spiro atoms. The van der Waals surface area contributed by atoms with Gasteiger partial charge in [-0.15, -0.1) is 0 Å². The summed E-state index contributed by atoms with van der Waals surface area (Å²) in [5.41, 5.74) is 1.10. The van der Waals surface area contributed by atoms with Crippen LogP contribution in [0.3, 0.4) is 0 Å². The summed E-state index contributed by atoms with van der Waals surface area (Å²) in [5.74, 6) is 1.94. The van der Waals surface area contributed by atoms with Gasteiger partial charge in [0.25, 0.3) is 21.6 Å². The van der Waals surface area contributed by atoms with Crippen LogP contribution in [0.1, 0.15) is 68.1 Å². The first-order chi connectivity index (χ1) is 22.6. The number of benzene rings is 2. The number of nitrogens with one attached hydrogen (secondary N) is 2. The van der Waals surface area contributed by atoms with Gasteiger partial charge in [0, 0.05) is 69.2 Å². The maximum absolute atomic E-state index is 13.4. The maximum atomic E-state index is 13.4. The Hall–Kier alpha value is -3.71. The highest BCUT2D eigenvalue weighted by molar-refractivity contribution is 7.90. The van der Waals surface area contributed by atoms with Gasteiger partial charge in [0.15, 0.2) is 0 Å². The number of hydrogen-bond donors (Lipinski definition) is 2. The predicted octanol–water partition coefficient (Wildman–Crippen LogP) is 4.56. The zero-order chi connectivity index (χ0) is 32.8. The van der Waals surface area contributed by atoms with Crippen LogP contribution in [-0.4, -0.2) is 75.5 Å². The minimum Gasteiger partial charge on any atom is -0.381 e. The molecule has 0 radical (unpaired) electrons. The molecular formula is C34H43N5O7S. The molecule has 4 aliphatic carbocycles. The van der Waals surface area contributed by atoms with Crippen molar-refractivity contribution in [1.29, 1.82) is 0 Å². The van der Waals surface area contributed by atoms with E-state index in [0.29, 0.717) is 58.7 Å². The SMILES string of the molecule is O=C(NS(=O)(=O)c1ccc(NC2CCOCC2)c([N+](=O)[O-])c1)c1ccc(N2CCN(C(=O)CC34CC5CC(CC(C5)C3)C4)CC2)cc1. The zero-order valence-corrected chi connectivity index (χ0v) is 27.4. The van der Waals surface area contributed by atoms with Crippen LogP contribution in [0.15, 0.2) is 47.4 Å². The molecule has 4 bridgehead atoms. The molecule has 2 aromatic carbocycles. The molecular weight excluding hydrogens is 622 g/mol. The lowest BCUT2D eigenvalue weighted by Crippen LogP contribution is -2.52. The Morgan fingerprint density at radius 3 is 2.13 bits per heavy atom. The number of hydrogen-bond acceptors (Lipinski definition) is 9. The summed E-state index contributed by atoms with van der Waals surface area (Å²) < 4.78 is 33.5.